The summed E-state index contributed by atoms with van der Waals surface area (Å²) in [4.78, 5) is 0. The summed E-state index contributed by atoms with van der Waals surface area (Å²) in [6.07, 6.45) is 3.73. The molecule has 3 heterocycles. The van der Waals surface area contributed by atoms with E-state index in [1.807, 2.05) is 0 Å². The van der Waals surface area contributed by atoms with Crippen LogP contribution in [-0.4, -0.2) is 46.5 Å². The highest BCUT2D eigenvalue weighted by atomic mass is 19.3. The van der Waals surface area contributed by atoms with Crippen molar-refractivity contribution in [2.24, 2.45) is 0 Å². The summed E-state index contributed by atoms with van der Waals surface area (Å²) in [5.41, 5.74) is 0.873. The van der Waals surface area contributed by atoms with Gasteiger partial charge in [-0.1, -0.05) is 17.3 Å². The fraction of sp³-hybridized carbons (Fsp3) is 0.500. The Morgan fingerprint density at radius 1 is 1.33 bits per heavy atom. The number of alkyl halides is 2. The highest BCUT2D eigenvalue weighted by molar-refractivity contribution is 5.66. The third kappa shape index (κ3) is 2.99. The van der Waals surface area contributed by atoms with Crippen LogP contribution in [0, 0.1) is 0 Å². The molecule has 1 spiro atoms. The van der Waals surface area contributed by atoms with Gasteiger partial charge in [-0.2, -0.15) is 8.78 Å². The van der Waals surface area contributed by atoms with E-state index in [1.165, 1.54) is 6.07 Å². The Balaban J connectivity index is 1.47. The van der Waals surface area contributed by atoms with Crippen LogP contribution in [0.1, 0.15) is 12.8 Å². The minimum atomic E-state index is -2.88. The van der Waals surface area contributed by atoms with E-state index in [9.17, 15) is 8.78 Å². The molecular weight excluding hydrogens is 320 g/mol. The van der Waals surface area contributed by atoms with Crippen molar-refractivity contribution in [1.82, 2.24) is 15.0 Å². The number of hydrogen-bond acceptors (Lipinski definition) is 5. The SMILES string of the molecule is FC(F)Oc1ccccc1-c1cn(CC2CCC3(COC3)O2)nn1. The summed E-state index contributed by atoms with van der Waals surface area (Å²) in [6.45, 7) is -0.990. The predicted molar refractivity (Wildman–Crippen MR) is 79.7 cm³/mol. The zero-order valence-electron chi connectivity index (χ0n) is 12.9. The van der Waals surface area contributed by atoms with Gasteiger partial charge in [-0.25, -0.2) is 4.68 Å². The number of benzene rings is 1. The van der Waals surface area contributed by atoms with E-state index in [4.69, 9.17) is 9.47 Å². The van der Waals surface area contributed by atoms with Crippen molar-refractivity contribution in [3.8, 4) is 17.0 Å². The average molecular weight is 337 g/mol. The van der Waals surface area contributed by atoms with Gasteiger partial charge in [0.25, 0.3) is 0 Å². The molecule has 1 aromatic heterocycles. The van der Waals surface area contributed by atoms with Crippen LogP contribution in [0.15, 0.2) is 30.5 Å². The van der Waals surface area contributed by atoms with Gasteiger partial charge in [-0.15, -0.1) is 5.10 Å². The van der Waals surface area contributed by atoms with E-state index in [1.54, 1.807) is 29.1 Å². The Labute approximate surface area is 137 Å². The van der Waals surface area contributed by atoms with Crippen molar-refractivity contribution < 1.29 is 23.0 Å². The number of nitrogens with zero attached hydrogens (tertiary/aromatic N) is 3. The summed E-state index contributed by atoms with van der Waals surface area (Å²) >= 11 is 0. The van der Waals surface area contributed by atoms with Crippen LogP contribution < -0.4 is 4.74 Å². The van der Waals surface area contributed by atoms with E-state index in [-0.39, 0.29) is 17.5 Å². The van der Waals surface area contributed by atoms with Gasteiger partial charge in [0.2, 0.25) is 0 Å². The lowest BCUT2D eigenvalue weighted by Gasteiger charge is -2.37. The Hall–Kier alpha value is -2.06. The molecule has 1 atom stereocenters. The lowest BCUT2D eigenvalue weighted by atomic mass is 9.98. The number of para-hydroxylation sites is 1. The van der Waals surface area contributed by atoms with Crippen LogP contribution in [0.4, 0.5) is 8.78 Å². The fourth-order valence-corrected chi connectivity index (χ4v) is 3.16. The van der Waals surface area contributed by atoms with Crippen LogP contribution in [0.3, 0.4) is 0 Å². The van der Waals surface area contributed by atoms with Crippen LogP contribution in [0.5, 0.6) is 5.75 Å². The molecule has 0 amide bonds. The molecule has 0 aliphatic carbocycles. The zero-order chi connectivity index (χ0) is 16.6. The molecule has 6 nitrogen and oxygen atoms in total. The zero-order valence-corrected chi connectivity index (χ0v) is 12.9. The first-order chi connectivity index (χ1) is 11.6. The maximum atomic E-state index is 12.5. The standard InChI is InChI=1S/C16H17F2N3O3/c17-15(18)23-14-4-2-1-3-12(14)13-8-21(20-19-13)7-11-5-6-16(24-11)9-22-10-16/h1-4,8,11,15H,5-7,9-10H2. The van der Waals surface area contributed by atoms with Crippen molar-refractivity contribution in [3.05, 3.63) is 30.5 Å². The lowest BCUT2D eigenvalue weighted by Crippen LogP contribution is -2.49. The van der Waals surface area contributed by atoms with Crippen molar-refractivity contribution >= 4 is 0 Å². The normalized spacial score (nSPS) is 22.0. The van der Waals surface area contributed by atoms with Crippen molar-refractivity contribution in [2.75, 3.05) is 13.2 Å². The third-order valence-corrected chi connectivity index (χ3v) is 4.38. The topological polar surface area (TPSA) is 58.4 Å². The van der Waals surface area contributed by atoms with Gasteiger partial charge >= 0.3 is 6.61 Å². The summed E-state index contributed by atoms with van der Waals surface area (Å²) in [6, 6.07) is 6.55. The first-order valence-electron chi connectivity index (χ1n) is 7.83. The maximum Gasteiger partial charge on any atom is 0.387 e. The summed E-state index contributed by atoms with van der Waals surface area (Å²) in [5, 5.41) is 8.16. The molecule has 0 saturated carbocycles. The molecular formula is C16H17F2N3O3. The molecule has 2 aliphatic heterocycles. The molecule has 8 heteroatoms. The minimum absolute atomic E-state index is 0.0657. The molecule has 2 aliphatic rings. The van der Waals surface area contributed by atoms with Crippen LogP contribution >= 0.6 is 0 Å². The molecule has 0 radical (unpaired) electrons. The molecule has 24 heavy (non-hydrogen) atoms. The van der Waals surface area contributed by atoms with Gasteiger partial charge in [0.15, 0.2) is 0 Å². The van der Waals surface area contributed by atoms with E-state index < -0.39 is 6.61 Å². The third-order valence-electron chi connectivity index (χ3n) is 4.38. The Morgan fingerprint density at radius 3 is 2.88 bits per heavy atom. The van der Waals surface area contributed by atoms with Crippen LogP contribution in [0.2, 0.25) is 0 Å². The second-order valence-electron chi connectivity index (χ2n) is 6.15. The molecule has 2 aromatic rings. The second-order valence-corrected chi connectivity index (χ2v) is 6.15. The second kappa shape index (κ2) is 6.10. The van der Waals surface area contributed by atoms with Crippen molar-refractivity contribution in [2.45, 2.75) is 37.7 Å². The van der Waals surface area contributed by atoms with Gasteiger partial charge in [0.1, 0.15) is 17.0 Å². The van der Waals surface area contributed by atoms with E-state index >= 15 is 0 Å². The van der Waals surface area contributed by atoms with Gasteiger partial charge in [0, 0.05) is 5.56 Å². The quantitative estimate of drug-likeness (QED) is 0.839. The fourth-order valence-electron chi connectivity index (χ4n) is 3.16. The summed E-state index contributed by atoms with van der Waals surface area (Å²) in [7, 11) is 0. The largest absolute Gasteiger partial charge is 0.434 e. The molecule has 2 fully saturated rings. The first-order valence-corrected chi connectivity index (χ1v) is 7.83. The number of rotatable bonds is 5. The molecule has 128 valence electrons. The smallest absolute Gasteiger partial charge is 0.387 e. The lowest BCUT2D eigenvalue weighted by molar-refractivity contribution is -0.201. The highest BCUT2D eigenvalue weighted by Gasteiger charge is 2.46. The molecule has 1 unspecified atom stereocenters. The van der Waals surface area contributed by atoms with Gasteiger partial charge < -0.3 is 14.2 Å². The van der Waals surface area contributed by atoms with Crippen LogP contribution in [0.25, 0.3) is 11.3 Å². The number of aromatic nitrogens is 3. The maximum absolute atomic E-state index is 12.5. The number of halogens is 2. The summed E-state index contributed by atoms with van der Waals surface area (Å²) in [5.74, 6) is 0.0854. The predicted octanol–water partition coefficient (Wildman–Crippen LogP) is 2.49. The van der Waals surface area contributed by atoms with Crippen molar-refractivity contribution in [1.29, 1.82) is 0 Å². The Kier molecular flexibility index (Phi) is 3.93. The molecule has 2 saturated heterocycles. The molecule has 0 bridgehead atoms. The molecule has 0 N–H and O–H groups in total. The Bertz CT molecular complexity index is 718. The van der Waals surface area contributed by atoms with E-state index in [2.05, 4.69) is 15.0 Å². The number of hydrogen-bond donors (Lipinski definition) is 0. The van der Waals surface area contributed by atoms with Gasteiger partial charge in [-0.3, -0.25) is 0 Å². The Morgan fingerprint density at radius 2 is 2.17 bits per heavy atom. The average Bonchev–Trinajstić information content (AvgIpc) is 3.14. The monoisotopic (exact) mass is 337 g/mol. The van der Waals surface area contributed by atoms with E-state index in [0.29, 0.717) is 31.0 Å². The van der Waals surface area contributed by atoms with Crippen LogP contribution in [-0.2, 0) is 16.0 Å². The molecule has 1 aromatic carbocycles. The first kappa shape index (κ1) is 15.5. The van der Waals surface area contributed by atoms with Crippen molar-refractivity contribution in [3.63, 3.8) is 0 Å². The molecule has 4 rings (SSSR count). The number of ether oxygens (including phenoxy) is 3. The van der Waals surface area contributed by atoms with E-state index in [0.717, 1.165) is 12.8 Å². The minimum Gasteiger partial charge on any atom is -0.434 e. The van der Waals surface area contributed by atoms with Gasteiger partial charge in [0.05, 0.1) is 32.1 Å². The summed E-state index contributed by atoms with van der Waals surface area (Å²) < 4.78 is 42.5. The highest BCUT2D eigenvalue weighted by Crippen LogP contribution is 2.37. The van der Waals surface area contributed by atoms with Gasteiger partial charge in [-0.05, 0) is 25.0 Å².